The monoisotopic (exact) mass is 425 g/mol. The number of rotatable bonds is 9. The molecule has 0 saturated carbocycles. The van der Waals surface area contributed by atoms with Gasteiger partial charge in [-0.3, -0.25) is 0 Å². The van der Waals surface area contributed by atoms with Gasteiger partial charge in [-0.15, -0.1) is 0 Å². The Bertz CT molecular complexity index is 1080. The first-order chi connectivity index (χ1) is 15.5. The second-order valence-corrected chi connectivity index (χ2v) is 8.45. The first kappa shape index (κ1) is 23.3. The number of carbonyl (C=O) groups excluding carboxylic acids is 1. The summed E-state index contributed by atoms with van der Waals surface area (Å²) in [5, 5.41) is 9.41. The van der Waals surface area contributed by atoms with Gasteiger partial charge in [0.15, 0.2) is 0 Å². The van der Waals surface area contributed by atoms with Gasteiger partial charge in [0.2, 0.25) is 0 Å². The Morgan fingerprint density at radius 2 is 1.53 bits per heavy atom. The standard InChI is InChI=1S/C29H31NO2/c1-4-6-21(3)18-23-8-11-24(12-9-23)25-13-15-26(16-14-25)29(31)32-28-17-10-22(7-5-2)19-27(28)20-30/h8-17,19,21H,4-7,18H2,1-3H3. The summed E-state index contributed by atoms with van der Waals surface area (Å²) in [6, 6.07) is 23.6. The van der Waals surface area contributed by atoms with Crippen molar-refractivity contribution in [1.29, 1.82) is 5.26 Å². The van der Waals surface area contributed by atoms with Gasteiger partial charge in [-0.25, -0.2) is 4.79 Å². The number of aryl methyl sites for hydroxylation is 1. The molecule has 0 spiro atoms. The van der Waals surface area contributed by atoms with Crippen molar-refractivity contribution in [3.8, 4) is 22.9 Å². The van der Waals surface area contributed by atoms with Gasteiger partial charge in [0.05, 0.1) is 11.1 Å². The second-order valence-electron chi connectivity index (χ2n) is 8.45. The van der Waals surface area contributed by atoms with Gasteiger partial charge in [0.25, 0.3) is 0 Å². The molecule has 1 unspecified atom stereocenters. The molecule has 3 aromatic carbocycles. The van der Waals surface area contributed by atoms with Crippen molar-refractivity contribution >= 4 is 5.97 Å². The molecular weight excluding hydrogens is 394 g/mol. The van der Waals surface area contributed by atoms with Gasteiger partial charge in [0.1, 0.15) is 11.8 Å². The van der Waals surface area contributed by atoms with Crippen LogP contribution in [0.25, 0.3) is 11.1 Å². The molecule has 3 aromatic rings. The van der Waals surface area contributed by atoms with E-state index in [9.17, 15) is 10.1 Å². The predicted molar refractivity (Wildman–Crippen MR) is 130 cm³/mol. The Morgan fingerprint density at radius 3 is 2.12 bits per heavy atom. The molecule has 0 radical (unpaired) electrons. The first-order valence-corrected chi connectivity index (χ1v) is 11.5. The first-order valence-electron chi connectivity index (χ1n) is 11.5. The molecule has 0 fully saturated rings. The van der Waals surface area contributed by atoms with E-state index in [2.05, 4.69) is 51.1 Å². The minimum atomic E-state index is -0.462. The van der Waals surface area contributed by atoms with Crippen LogP contribution in [0.3, 0.4) is 0 Å². The average molecular weight is 426 g/mol. The van der Waals surface area contributed by atoms with Gasteiger partial charge >= 0.3 is 5.97 Å². The summed E-state index contributed by atoms with van der Waals surface area (Å²) in [6.07, 6.45) is 5.46. The van der Waals surface area contributed by atoms with Crippen LogP contribution in [0.2, 0.25) is 0 Å². The van der Waals surface area contributed by atoms with Gasteiger partial charge in [0, 0.05) is 0 Å². The Morgan fingerprint density at radius 1 is 0.906 bits per heavy atom. The van der Waals surface area contributed by atoms with Crippen molar-refractivity contribution in [2.45, 2.75) is 52.9 Å². The van der Waals surface area contributed by atoms with Crippen molar-refractivity contribution < 1.29 is 9.53 Å². The van der Waals surface area contributed by atoms with E-state index in [0.717, 1.165) is 36.0 Å². The molecule has 0 amide bonds. The van der Waals surface area contributed by atoms with Gasteiger partial charge in [-0.1, -0.05) is 82.5 Å². The van der Waals surface area contributed by atoms with Crippen molar-refractivity contribution in [3.05, 3.63) is 89.0 Å². The molecule has 0 aliphatic rings. The van der Waals surface area contributed by atoms with E-state index < -0.39 is 5.97 Å². The van der Waals surface area contributed by atoms with E-state index in [0.29, 0.717) is 22.8 Å². The van der Waals surface area contributed by atoms with E-state index in [1.54, 1.807) is 24.3 Å². The van der Waals surface area contributed by atoms with Crippen LogP contribution in [0.4, 0.5) is 0 Å². The number of ether oxygens (including phenoxy) is 1. The van der Waals surface area contributed by atoms with Crippen LogP contribution in [0, 0.1) is 17.2 Å². The molecule has 1 atom stereocenters. The van der Waals surface area contributed by atoms with Crippen LogP contribution in [0.1, 0.15) is 67.1 Å². The lowest BCUT2D eigenvalue weighted by Gasteiger charge is -2.11. The molecule has 164 valence electrons. The third-order valence-corrected chi connectivity index (χ3v) is 5.68. The zero-order valence-corrected chi connectivity index (χ0v) is 19.2. The quantitative estimate of drug-likeness (QED) is 0.265. The second kappa shape index (κ2) is 11.3. The van der Waals surface area contributed by atoms with Crippen LogP contribution >= 0.6 is 0 Å². The van der Waals surface area contributed by atoms with Crippen LogP contribution in [0.15, 0.2) is 66.7 Å². The number of benzene rings is 3. The average Bonchev–Trinajstić information content (AvgIpc) is 2.81. The van der Waals surface area contributed by atoms with Gasteiger partial charge in [-0.05, 0) is 65.3 Å². The molecule has 0 aromatic heterocycles. The highest BCUT2D eigenvalue weighted by atomic mass is 16.5. The number of nitrogens with zero attached hydrogens (tertiary/aromatic N) is 1. The fourth-order valence-corrected chi connectivity index (χ4v) is 3.99. The van der Waals surface area contributed by atoms with Crippen molar-refractivity contribution in [2.24, 2.45) is 5.92 Å². The minimum Gasteiger partial charge on any atom is -0.422 e. The fourth-order valence-electron chi connectivity index (χ4n) is 3.99. The summed E-state index contributed by atoms with van der Waals surface area (Å²) in [7, 11) is 0. The number of carbonyl (C=O) groups is 1. The zero-order chi connectivity index (χ0) is 22.9. The van der Waals surface area contributed by atoms with Gasteiger partial charge < -0.3 is 4.74 Å². The van der Waals surface area contributed by atoms with Crippen molar-refractivity contribution in [3.63, 3.8) is 0 Å². The lowest BCUT2D eigenvalue weighted by Crippen LogP contribution is -2.09. The highest BCUT2D eigenvalue weighted by Crippen LogP contribution is 2.24. The molecule has 0 N–H and O–H groups in total. The summed E-state index contributed by atoms with van der Waals surface area (Å²) in [5.41, 5.74) is 5.44. The summed E-state index contributed by atoms with van der Waals surface area (Å²) in [5.74, 6) is 0.534. The van der Waals surface area contributed by atoms with E-state index >= 15 is 0 Å². The fraction of sp³-hybridized carbons (Fsp3) is 0.310. The van der Waals surface area contributed by atoms with Crippen LogP contribution in [-0.2, 0) is 12.8 Å². The van der Waals surface area contributed by atoms with Crippen molar-refractivity contribution in [2.75, 3.05) is 0 Å². The number of nitriles is 1. The molecule has 0 aliphatic heterocycles. The third kappa shape index (κ3) is 6.08. The molecule has 0 aliphatic carbocycles. The Labute approximate surface area is 191 Å². The van der Waals surface area contributed by atoms with Crippen LogP contribution in [-0.4, -0.2) is 5.97 Å². The lowest BCUT2D eigenvalue weighted by atomic mass is 9.95. The molecule has 3 nitrogen and oxygen atoms in total. The van der Waals surface area contributed by atoms with E-state index in [4.69, 9.17) is 4.74 Å². The molecule has 0 bridgehead atoms. The number of esters is 1. The summed E-state index contributed by atoms with van der Waals surface area (Å²) < 4.78 is 5.51. The van der Waals surface area contributed by atoms with Crippen LogP contribution in [0.5, 0.6) is 5.75 Å². The predicted octanol–water partition coefficient (Wildman–Crippen LogP) is 7.38. The molecule has 32 heavy (non-hydrogen) atoms. The maximum absolute atomic E-state index is 12.6. The molecule has 0 saturated heterocycles. The highest BCUT2D eigenvalue weighted by Gasteiger charge is 2.13. The highest BCUT2D eigenvalue weighted by molar-refractivity contribution is 5.92. The Hall–Kier alpha value is -3.38. The summed E-state index contributed by atoms with van der Waals surface area (Å²) in [6.45, 7) is 6.62. The van der Waals surface area contributed by atoms with Crippen molar-refractivity contribution in [1.82, 2.24) is 0 Å². The van der Waals surface area contributed by atoms with Crippen LogP contribution < -0.4 is 4.74 Å². The summed E-state index contributed by atoms with van der Waals surface area (Å²) >= 11 is 0. The SMILES string of the molecule is CCCc1ccc(OC(=O)c2ccc(-c3ccc(CC(C)CCC)cc3)cc2)c(C#N)c1. The largest absolute Gasteiger partial charge is 0.422 e. The third-order valence-electron chi connectivity index (χ3n) is 5.68. The zero-order valence-electron chi connectivity index (χ0n) is 19.2. The van der Waals surface area contributed by atoms with E-state index in [1.807, 2.05) is 18.2 Å². The number of hydrogen-bond donors (Lipinski definition) is 0. The maximum Gasteiger partial charge on any atom is 0.343 e. The Kier molecular flexibility index (Phi) is 8.22. The molecular formula is C29H31NO2. The normalized spacial score (nSPS) is 11.6. The number of hydrogen-bond acceptors (Lipinski definition) is 3. The Balaban J connectivity index is 1.68. The molecule has 3 heteroatoms. The lowest BCUT2D eigenvalue weighted by molar-refractivity contribution is 0.0734. The smallest absolute Gasteiger partial charge is 0.343 e. The summed E-state index contributed by atoms with van der Waals surface area (Å²) in [4.78, 5) is 12.6. The maximum atomic E-state index is 12.6. The topological polar surface area (TPSA) is 50.1 Å². The van der Waals surface area contributed by atoms with Gasteiger partial charge in [-0.2, -0.15) is 5.26 Å². The molecule has 0 heterocycles. The minimum absolute atomic E-state index is 0.300. The van der Waals surface area contributed by atoms with E-state index in [1.165, 1.54) is 18.4 Å². The van der Waals surface area contributed by atoms with E-state index in [-0.39, 0.29) is 0 Å². The molecule has 3 rings (SSSR count).